The van der Waals surface area contributed by atoms with Gasteiger partial charge in [-0.05, 0) is 35.9 Å². The molecule has 0 atom stereocenters. The first-order valence-electron chi connectivity index (χ1n) is 7.64. The maximum atomic E-state index is 12.4. The van der Waals surface area contributed by atoms with Crippen molar-refractivity contribution in [1.82, 2.24) is 0 Å². The first-order valence-corrected chi connectivity index (χ1v) is 9.74. The van der Waals surface area contributed by atoms with Gasteiger partial charge in [-0.15, -0.1) is 23.5 Å². The zero-order valence-corrected chi connectivity index (χ0v) is 14.9. The summed E-state index contributed by atoms with van der Waals surface area (Å²) in [5, 5.41) is 5.56. The minimum atomic E-state index is -0.159. The number of thioether (sulfide) groups is 2. The third kappa shape index (κ3) is 4.33. The highest BCUT2D eigenvalue weighted by Gasteiger charge is 2.18. The van der Waals surface area contributed by atoms with Gasteiger partial charge < -0.3 is 10.6 Å². The van der Waals surface area contributed by atoms with E-state index in [2.05, 4.69) is 10.6 Å². The van der Waals surface area contributed by atoms with E-state index < -0.39 is 0 Å². The second-order valence-electron chi connectivity index (χ2n) is 5.41. The topological polar surface area (TPSA) is 58.2 Å². The molecule has 24 heavy (non-hydrogen) atoms. The minimum Gasteiger partial charge on any atom is -0.326 e. The van der Waals surface area contributed by atoms with Crippen LogP contribution >= 0.6 is 23.5 Å². The average molecular weight is 358 g/mol. The third-order valence-corrected chi connectivity index (χ3v) is 6.61. The molecule has 1 fully saturated rings. The Labute approximate surface area is 149 Å². The molecule has 0 unspecified atom stereocenters. The van der Waals surface area contributed by atoms with Crippen LogP contribution in [0.15, 0.2) is 48.5 Å². The van der Waals surface area contributed by atoms with Gasteiger partial charge >= 0.3 is 0 Å². The maximum absolute atomic E-state index is 12.4. The summed E-state index contributed by atoms with van der Waals surface area (Å²) in [5.74, 6) is 2.06. The van der Waals surface area contributed by atoms with Crippen molar-refractivity contribution in [2.45, 2.75) is 11.5 Å². The van der Waals surface area contributed by atoms with Gasteiger partial charge in [0.1, 0.15) is 0 Å². The number of carbonyl (C=O) groups is 2. The number of amides is 2. The Morgan fingerprint density at radius 2 is 1.58 bits per heavy atom. The fourth-order valence-electron chi connectivity index (χ4n) is 2.42. The second kappa shape index (κ2) is 7.77. The summed E-state index contributed by atoms with van der Waals surface area (Å²) >= 11 is 3.89. The van der Waals surface area contributed by atoms with Gasteiger partial charge in [0.15, 0.2) is 0 Å². The van der Waals surface area contributed by atoms with Gasteiger partial charge in [-0.2, -0.15) is 0 Å². The van der Waals surface area contributed by atoms with E-state index in [-0.39, 0.29) is 11.8 Å². The molecule has 124 valence electrons. The molecule has 0 aliphatic carbocycles. The lowest BCUT2D eigenvalue weighted by Gasteiger charge is -2.10. The summed E-state index contributed by atoms with van der Waals surface area (Å²) in [7, 11) is 0. The highest BCUT2D eigenvalue weighted by Crippen LogP contribution is 2.45. The molecule has 3 rings (SSSR count). The molecule has 1 heterocycles. The second-order valence-corrected chi connectivity index (χ2v) is 8.14. The van der Waals surface area contributed by atoms with E-state index >= 15 is 0 Å². The summed E-state index contributed by atoms with van der Waals surface area (Å²) < 4.78 is 0.483. The summed E-state index contributed by atoms with van der Waals surface area (Å²) in [6.07, 6.45) is 0. The van der Waals surface area contributed by atoms with Gasteiger partial charge in [-0.3, -0.25) is 9.59 Å². The maximum Gasteiger partial charge on any atom is 0.255 e. The monoisotopic (exact) mass is 358 g/mol. The van der Waals surface area contributed by atoms with Gasteiger partial charge in [0.2, 0.25) is 5.91 Å². The Morgan fingerprint density at radius 3 is 2.21 bits per heavy atom. The van der Waals surface area contributed by atoms with Gasteiger partial charge in [-0.1, -0.05) is 18.2 Å². The van der Waals surface area contributed by atoms with Crippen LogP contribution in [0.5, 0.6) is 0 Å². The zero-order chi connectivity index (χ0) is 16.9. The van der Waals surface area contributed by atoms with E-state index in [1.165, 1.54) is 24.0 Å². The van der Waals surface area contributed by atoms with Crippen molar-refractivity contribution in [3.8, 4) is 0 Å². The number of anilines is 2. The van der Waals surface area contributed by atoms with Crippen LogP contribution in [0, 0.1) is 0 Å². The summed E-state index contributed by atoms with van der Waals surface area (Å²) in [5.41, 5.74) is 3.19. The molecule has 1 aliphatic rings. The lowest BCUT2D eigenvalue weighted by Crippen LogP contribution is -2.12. The highest BCUT2D eigenvalue weighted by molar-refractivity contribution is 8.19. The van der Waals surface area contributed by atoms with Crippen molar-refractivity contribution in [2.24, 2.45) is 0 Å². The van der Waals surface area contributed by atoms with Crippen molar-refractivity contribution in [1.29, 1.82) is 0 Å². The molecular formula is C18H18N2O2S2. The predicted octanol–water partition coefficient (Wildman–Crippen LogP) is 4.38. The molecule has 4 nitrogen and oxygen atoms in total. The number of rotatable bonds is 4. The number of carbonyl (C=O) groups excluding carboxylic acids is 2. The Kier molecular flexibility index (Phi) is 5.48. The Morgan fingerprint density at radius 1 is 0.958 bits per heavy atom. The fraction of sp³-hybridized carbons (Fsp3) is 0.222. The minimum absolute atomic E-state index is 0.142. The first kappa shape index (κ1) is 16.9. The zero-order valence-electron chi connectivity index (χ0n) is 13.2. The largest absolute Gasteiger partial charge is 0.326 e. The first-order chi connectivity index (χ1) is 11.6. The highest BCUT2D eigenvalue weighted by atomic mass is 32.2. The quantitative estimate of drug-likeness (QED) is 0.852. The summed E-state index contributed by atoms with van der Waals surface area (Å²) in [4.78, 5) is 23.5. The standard InChI is InChI=1S/C18H18N2O2S2/c1-12(21)19-15-3-2-4-16(11-15)20-17(22)13-5-7-14(8-6-13)18-23-9-10-24-18/h2-8,11,18H,9-10H2,1H3,(H,19,21)(H,20,22). The van der Waals surface area contributed by atoms with Crippen LogP contribution in [0.4, 0.5) is 11.4 Å². The molecule has 0 spiro atoms. The van der Waals surface area contributed by atoms with Crippen LogP contribution in [0.25, 0.3) is 0 Å². The third-order valence-electron chi connectivity index (χ3n) is 3.51. The van der Waals surface area contributed by atoms with Crippen LogP contribution in [-0.2, 0) is 4.79 Å². The number of nitrogens with one attached hydrogen (secondary N) is 2. The summed E-state index contributed by atoms with van der Waals surface area (Å²) in [6, 6.07) is 14.9. The molecule has 0 aromatic heterocycles. The smallest absolute Gasteiger partial charge is 0.255 e. The van der Waals surface area contributed by atoms with Gasteiger partial charge in [0, 0.05) is 35.4 Å². The molecule has 0 saturated carbocycles. The SMILES string of the molecule is CC(=O)Nc1cccc(NC(=O)c2ccc(C3SCCS3)cc2)c1. The van der Waals surface area contributed by atoms with E-state index in [9.17, 15) is 9.59 Å². The van der Waals surface area contributed by atoms with E-state index in [0.29, 0.717) is 21.5 Å². The number of hydrogen-bond acceptors (Lipinski definition) is 4. The normalized spacial score (nSPS) is 14.4. The van der Waals surface area contributed by atoms with E-state index in [0.717, 1.165) is 0 Å². The average Bonchev–Trinajstić information content (AvgIpc) is 3.09. The Balaban J connectivity index is 1.67. The fourth-order valence-corrected chi connectivity index (χ4v) is 5.28. The molecule has 0 radical (unpaired) electrons. The van der Waals surface area contributed by atoms with Crippen molar-refractivity contribution in [3.05, 3.63) is 59.7 Å². The molecule has 1 saturated heterocycles. The lowest BCUT2D eigenvalue weighted by atomic mass is 10.1. The molecule has 2 amide bonds. The lowest BCUT2D eigenvalue weighted by molar-refractivity contribution is -0.114. The molecule has 6 heteroatoms. The predicted molar refractivity (Wildman–Crippen MR) is 103 cm³/mol. The van der Waals surface area contributed by atoms with Crippen LogP contribution < -0.4 is 10.6 Å². The molecular weight excluding hydrogens is 340 g/mol. The Bertz CT molecular complexity index is 741. The number of hydrogen-bond donors (Lipinski definition) is 2. The van der Waals surface area contributed by atoms with Crippen molar-refractivity contribution < 1.29 is 9.59 Å². The van der Waals surface area contributed by atoms with Crippen molar-refractivity contribution in [2.75, 3.05) is 22.1 Å². The summed E-state index contributed by atoms with van der Waals surface area (Å²) in [6.45, 7) is 1.45. The van der Waals surface area contributed by atoms with E-state index in [1.807, 2.05) is 47.8 Å². The molecule has 2 aromatic carbocycles. The molecule has 2 N–H and O–H groups in total. The van der Waals surface area contributed by atoms with Gasteiger partial charge in [-0.25, -0.2) is 0 Å². The Hall–Kier alpha value is -1.92. The van der Waals surface area contributed by atoms with Crippen LogP contribution in [0.1, 0.15) is 27.4 Å². The van der Waals surface area contributed by atoms with Crippen LogP contribution in [0.2, 0.25) is 0 Å². The van der Waals surface area contributed by atoms with Crippen LogP contribution in [0.3, 0.4) is 0 Å². The molecule has 2 aromatic rings. The van der Waals surface area contributed by atoms with E-state index in [1.54, 1.807) is 24.3 Å². The van der Waals surface area contributed by atoms with Crippen molar-refractivity contribution in [3.63, 3.8) is 0 Å². The van der Waals surface area contributed by atoms with E-state index in [4.69, 9.17) is 0 Å². The molecule has 0 bridgehead atoms. The van der Waals surface area contributed by atoms with Crippen molar-refractivity contribution >= 4 is 46.7 Å². The van der Waals surface area contributed by atoms with Gasteiger partial charge in [0.05, 0.1) is 4.58 Å². The molecule has 1 aliphatic heterocycles. The number of benzene rings is 2. The van der Waals surface area contributed by atoms with Gasteiger partial charge in [0.25, 0.3) is 5.91 Å². The van der Waals surface area contributed by atoms with Crippen LogP contribution in [-0.4, -0.2) is 23.3 Å².